The van der Waals surface area contributed by atoms with Crippen molar-refractivity contribution in [2.24, 2.45) is 0 Å². The van der Waals surface area contributed by atoms with Crippen LogP contribution in [0.25, 0.3) is 10.9 Å². The number of nitrogens with one attached hydrogen (secondary N) is 1. The summed E-state index contributed by atoms with van der Waals surface area (Å²) in [4.78, 5) is 4.60. The van der Waals surface area contributed by atoms with E-state index in [0.29, 0.717) is 13.2 Å². The smallest absolute Gasteiger partial charge is 0.159 e. The Kier molecular flexibility index (Phi) is 6.43. The molecule has 0 aliphatic rings. The zero-order valence-corrected chi connectivity index (χ0v) is 13.5. The van der Waals surface area contributed by atoms with Crippen molar-refractivity contribution in [3.63, 3.8) is 0 Å². The molecule has 0 fully saturated rings. The lowest BCUT2D eigenvalue weighted by Crippen LogP contribution is -2.21. The highest BCUT2D eigenvalue weighted by molar-refractivity contribution is 5.86. The summed E-state index contributed by atoms with van der Waals surface area (Å²) in [5.41, 5.74) is 0.913. The van der Waals surface area contributed by atoms with Crippen molar-refractivity contribution in [1.29, 1.82) is 0 Å². The van der Waals surface area contributed by atoms with Gasteiger partial charge in [0.2, 0.25) is 0 Å². The molecule has 0 atom stereocenters. The van der Waals surface area contributed by atoms with E-state index in [-0.39, 0.29) is 6.29 Å². The van der Waals surface area contributed by atoms with Crippen LogP contribution in [0.5, 0.6) is 5.75 Å². The van der Waals surface area contributed by atoms with E-state index in [9.17, 15) is 0 Å². The third-order valence-corrected chi connectivity index (χ3v) is 3.29. The van der Waals surface area contributed by atoms with Gasteiger partial charge in [-0.05, 0) is 26.0 Å². The number of anilines is 1. The maximum Gasteiger partial charge on any atom is 0.159 e. The van der Waals surface area contributed by atoms with Crippen LogP contribution in [0.3, 0.4) is 0 Å². The first-order chi connectivity index (χ1) is 10.8. The van der Waals surface area contributed by atoms with Crippen molar-refractivity contribution in [2.45, 2.75) is 26.6 Å². The van der Waals surface area contributed by atoms with Crippen LogP contribution < -0.4 is 10.1 Å². The molecule has 120 valence electrons. The van der Waals surface area contributed by atoms with Crippen molar-refractivity contribution >= 4 is 16.7 Å². The van der Waals surface area contributed by atoms with Crippen LogP contribution >= 0.6 is 0 Å². The Labute approximate surface area is 131 Å². The summed E-state index contributed by atoms with van der Waals surface area (Å²) in [7, 11) is 1.67. The standard InChI is InChI=1S/C17H24N2O3/c1-4-21-17(22-5-2)10-11-18-16-12-15(20-3)13-8-6-7-9-14(13)19-16/h6-9,12,17H,4-5,10-11H2,1-3H3,(H,18,19). The summed E-state index contributed by atoms with van der Waals surface area (Å²) in [6, 6.07) is 9.85. The summed E-state index contributed by atoms with van der Waals surface area (Å²) in [6.45, 7) is 5.95. The Morgan fingerprint density at radius 3 is 2.55 bits per heavy atom. The van der Waals surface area contributed by atoms with Crippen LogP contribution in [0, 0.1) is 0 Å². The fourth-order valence-corrected chi connectivity index (χ4v) is 2.31. The van der Waals surface area contributed by atoms with E-state index in [2.05, 4.69) is 10.3 Å². The minimum absolute atomic E-state index is 0.176. The van der Waals surface area contributed by atoms with Crippen LogP contribution in [-0.4, -0.2) is 38.1 Å². The summed E-state index contributed by atoms with van der Waals surface area (Å²) in [6.07, 6.45) is 0.586. The lowest BCUT2D eigenvalue weighted by molar-refractivity contribution is -0.137. The number of pyridine rings is 1. The topological polar surface area (TPSA) is 52.6 Å². The second-order valence-corrected chi connectivity index (χ2v) is 4.78. The Morgan fingerprint density at radius 2 is 1.86 bits per heavy atom. The van der Waals surface area contributed by atoms with Crippen molar-refractivity contribution < 1.29 is 14.2 Å². The molecule has 0 aliphatic heterocycles. The normalized spacial score (nSPS) is 11.1. The number of ether oxygens (including phenoxy) is 3. The molecule has 2 rings (SSSR count). The van der Waals surface area contributed by atoms with E-state index < -0.39 is 0 Å². The second-order valence-electron chi connectivity index (χ2n) is 4.78. The van der Waals surface area contributed by atoms with Crippen LogP contribution in [0.4, 0.5) is 5.82 Å². The first-order valence-electron chi connectivity index (χ1n) is 7.69. The summed E-state index contributed by atoms with van der Waals surface area (Å²) in [5.74, 6) is 1.61. The van der Waals surface area contributed by atoms with Gasteiger partial charge < -0.3 is 19.5 Å². The third-order valence-electron chi connectivity index (χ3n) is 3.29. The highest BCUT2D eigenvalue weighted by Gasteiger charge is 2.09. The lowest BCUT2D eigenvalue weighted by atomic mass is 10.2. The van der Waals surface area contributed by atoms with E-state index in [1.165, 1.54) is 0 Å². The van der Waals surface area contributed by atoms with Crippen molar-refractivity contribution in [1.82, 2.24) is 4.98 Å². The van der Waals surface area contributed by atoms with Gasteiger partial charge in [-0.15, -0.1) is 0 Å². The highest BCUT2D eigenvalue weighted by Crippen LogP contribution is 2.26. The van der Waals surface area contributed by atoms with Gasteiger partial charge in [0.25, 0.3) is 0 Å². The molecule has 5 nitrogen and oxygen atoms in total. The largest absolute Gasteiger partial charge is 0.496 e. The lowest BCUT2D eigenvalue weighted by Gasteiger charge is -2.17. The fraction of sp³-hybridized carbons (Fsp3) is 0.471. The van der Waals surface area contributed by atoms with Crippen molar-refractivity contribution in [2.75, 3.05) is 32.2 Å². The van der Waals surface area contributed by atoms with E-state index in [1.54, 1.807) is 7.11 Å². The Hall–Kier alpha value is -1.85. The monoisotopic (exact) mass is 304 g/mol. The molecule has 0 saturated heterocycles. The number of methoxy groups -OCH3 is 1. The number of para-hydroxylation sites is 1. The molecule has 0 aliphatic carbocycles. The average Bonchev–Trinajstić information content (AvgIpc) is 2.54. The van der Waals surface area contributed by atoms with Crippen molar-refractivity contribution in [3.05, 3.63) is 30.3 Å². The molecule has 0 spiro atoms. The predicted molar refractivity (Wildman–Crippen MR) is 88.4 cm³/mol. The quantitative estimate of drug-likeness (QED) is 0.719. The van der Waals surface area contributed by atoms with Gasteiger partial charge >= 0.3 is 0 Å². The molecular weight excluding hydrogens is 280 g/mol. The molecule has 0 unspecified atom stereocenters. The molecule has 5 heteroatoms. The maximum absolute atomic E-state index is 5.53. The molecule has 0 amide bonds. The van der Waals surface area contributed by atoms with Gasteiger partial charge in [0.15, 0.2) is 6.29 Å². The number of fused-ring (bicyclic) bond motifs is 1. The predicted octanol–water partition coefficient (Wildman–Crippen LogP) is 3.44. The van der Waals surface area contributed by atoms with Gasteiger partial charge in [-0.2, -0.15) is 0 Å². The van der Waals surface area contributed by atoms with E-state index in [0.717, 1.165) is 35.4 Å². The first-order valence-corrected chi connectivity index (χ1v) is 7.69. The number of hydrogen-bond donors (Lipinski definition) is 1. The second kappa shape index (κ2) is 8.56. The number of benzene rings is 1. The maximum atomic E-state index is 5.53. The van der Waals surface area contributed by atoms with Gasteiger partial charge in [0.1, 0.15) is 11.6 Å². The number of nitrogens with zero attached hydrogens (tertiary/aromatic N) is 1. The number of aromatic nitrogens is 1. The van der Waals surface area contributed by atoms with Gasteiger partial charge in [0, 0.05) is 37.6 Å². The van der Waals surface area contributed by atoms with Crippen LogP contribution in [0.15, 0.2) is 30.3 Å². The molecule has 0 bridgehead atoms. The molecule has 0 saturated carbocycles. The van der Waals surface area contributed by atoms with Gasteiger partial charge in [0.05, 0.1) is 12.6 Å². The first kappa shape index (κ1) is 16.5. The molecule has 0 radical (unpaired) electrons. The van der Waals surface area contributed by atoms with Crippen LogP contribution in [0.2, 0.25) is 0 Å². The molecule has 1 aromatic carbocycles. The van der Waals surface area contributed by atoms with Gasteiger partial charge in [-0.3, -0.25) is 0 Å². The van der Waals surface area contributed by atoms with E-state index in [1.807, 2.05) is 44.2 Å². The summed E-state index contributed by atoms with van der Waals surface area (Å²) in [5, 5.41) is 4.32. The third kappa shape index (κ3) is 4.32. The van der Waals surface area contributed by atoms with E-state index in [4.69, 9.17) is 14.2 Å². The highest BCUT2D eigenvalue weighted by atomic mass is 16.7. The van der Waals surface area contributed by atoms with Gasteiger partial charge in [-0.25, -0.2) is 4.98 Å². The Morgan fingerprint density at radius 1 is 1.14 bits per heavy atom. The van der Waals surface area contributed by atoms with E-state index >= 15 is 0 Å². The Balaban J connectivity index is 2.02. The summed E-state index contributed by atoms with van der Waals surface area (Å²) >= 11 is 0. The van der Waals surface area contributed by atoms with Crippen LogP contribution in [0.1, 0.15) is 20.3 Å². The minimum Gasteiger partial charge on any atom is -0.496 e. The molecule has 1 heterocycles. The zero-order chi connectivity index (χ0) is 15.8. The molecular formula is C17H24N2O3. The number of rotatable bonds is 9. The molecule has 2 aromatic rings. The van der Waals surface area contributed by atoms with Crippen LogP contribution in [-0.2, 0) is 9.47 Å². The SMILES string of the molecule is CCOC(CCNc1cc(OC)c2ccccc2n1)OCC. The van der Waals surface area contributed by atoms with Gasteiger partial charge in [-0.1, -0.05) is 12.1 Å². The zero-order valence-electron chi connectivity index (χ0n) is 13.5. The minimum atomic E-state index is -0.176. The molecule has 1 N–H and O–H groups in total. The Bertz CT molecular complexity index is 583. The average molecular weight is 304 g/mol. The number of hydrogen-bond acceptors (Lipinski definition) is 5. The molecule has 1 aromatic heterocycles. The summed E-state index contributed by atoms with van der Waals surface area (Å²) < 4.78 is 16.5. The molecule has 22 heavy (non-hydrogen) atoms. The van der Waals surface area contributed by atoms with Crippen molar-refractivity contribution in [3.8, 4) is 5.75 Å². The fourth-order valence-electron chi connectivity index (χ4n) is 2.31.